The molecule has 0 spiro atoms. The number of allylic oxidation sites excluding steroid dienone is 1. The maximum atomic E-state index is 5.70. The third-order valence-corrected chi connectivity index (χ3v) is 6.35. The minimum absolute atomic E-state index is 0.217. The number of rotatable bonds is 11. The minimum Gasteiger partial charge on any atom is -0.488 e. The highest BCUT2D eigenvalue weighted by Crippen LogP contribution is 2.33. The van der Waals surface area contributed by atoms with Crippen molar-refractivity contribution in [3.05, 3.63) is 24.5 Å². The zero-order valence-corrected chi connectivity index (χ0v) is 20.5. The summed E-state index contributed by atoms with van der Waals surface area (Å²) in [6.45, 7) is 23.3. The summed E-state index contributed by atoms with van der Waals surface area (Å²) < 4.78 is 7.82. The Balaban J connectivity index is 2.42. The van der Waals surface area contributed by atoms with E-state index in [1.807, 2.05) is 6.92 Å². The van der Waals surface area contributed by atoms with Gasteiger partial charge in [0.15, 0.2) is 0 Å². The quantitative estimate of drug-likeness (QED) is 0.243. The molecule has 0 amide bonds. The smallest absolute Gasteiger partial charge is 0.137 e. The van der Waals surface area contributed by atoms with Gasteiger partial charge in [-0.2, -0.15) is 0 Å². The highest BCUT2D eigenvalue weighted by atomic mass is 16.5. The number of nitrogens with one attached hydrogen (secondary N) is 1. The van der Waals surface area contributed by atoms with Crippen molar-refractivity contribution in [1.29, 1.82) is 0 Å². The first kappa shape index (κ1) is 25.2. The van der Waals surface area contributed by atoms with Crippen LogP contribution in [0.2, 0.25) is 0 Å². The van der Waals surface area contributed by atoms with Crippen molar-refractivity contribution in [3.63, 3.8) is 0 Å². The largest absolute Gasteiger partial charge is 0.488 e. The first-order valence-corrected chi connectivity index (χ1v) is 11.0. The van der Waals surface area contributed by atoms with Crippen LogP contribution >= 0.6 is 0 Å². The lowest BCUT2D eigenvalue weighted by Crippen LogP contribution is -2.65. The summed E-state index contributed by atoms with van der Waals surface area (Å²) in [5, 5.41) is 3.82. The molecule has 1 saturated heterocycles. The summed E-state index contributed by atoms with van der Waals surface area (Å²) in [5.41, 5.74) is 1.35. The number of hydrogen-bond donors (Lipinski definition) is 1. The Hall–Kier alpha value is -0.840. The van der Waals surface area contributed by atoms with Gasteiger partial charge >= 0.3 is 0 Å². The molecule has 0 aromatic carbocycles. The molecule has 0 radical (unpaired) electrons. The predicted molar refractivity (Wildman–Crippen MR) is 122 cm³/mol. The maximum absolute atomic E-state index is 5.70. The molecule has 0 aliphatic carbocycles. The van der Waals surface area contributed by atoms with Crippen molar-refractivity contribution in [2.24, 2.45) is 0 Å². The van der Waals surface area contributed by atoms with Crippen molar-refractivity contribution < 1.29 is 13.7 Å². The zero-order chi connectivity index (χ0) is 21.8. The van der Waals surface area contributed by atoms with E-state index in [1.54, 1.807) is 0 Å². The molecule has 0 unspecified atom stereocenters. The molecule has 4 heteroatoms. The second kappa shape index (κ2) is 9.32. The predicted octanol–water partition coefficient (Wildman–Crippen LogP) is 4.34. The van der Waals surface area contributed by atoms with Crippen molar-refractivity contribution in [1.82, 2.24) is 5.32 Å². The monoisotopic (exact) mass is 395 g/mol. The molecule has 1 N–H and O–H groups in total. The first-order chi connectivity index (χ1) is 12.6. The summed E-state index contributed by atoms with van der Waals surface area (Å²) in [6.07, 6.45) is 5.02. The molecule has 4 nitrogen and oxygen atoms in total. The van der Waals surface area contributed by atoms with Crippen LogP contribution in [0.25, 0.3) is 0 Å². The highest BCUT2D eigenvalue weighted by Gasteiger charge is 2.44. The van der Waals surface area contributed by atoms with Gasteiger partial charge in [-0.1, -0.05) is 13.2 Å². The van der Waals surface area contributed by atoms with E-state index in [0.717, 1.165) is 27.1 Å². The summed E-state index contributed by atoms with van der Waals surface area (Å²) in [6, 6.07) is 0.718. The molecule has 164 valence electrons. The summed E-state index contributed by atoms with van der Waals surface area (Å²) in [7, 11) is 9.45. The number of hydrogen-bond acceptors (Lipinski definition) is 2. The second-order valence-corrected chi connectivity index (χ2v) is 11.6. The summed E-state index contributed by atoms with van der Waals surface area (Å²) in [5.74, 6) is 0.715. The average molecular weight is 396 g/mol. The van der Waals surface area contributed by atoms with E-state index < -0.39 is 0 Å². The molecule has 1 aliphatic rings. The molecule has 0 aromatic heterocycles. The van der Waals surface area contributed by atoms with Crippen molar-refractivity contribution in [3.8, 4) is 0 Å². The van der Waals surface area contributed by atoms with Gasteiger partial charge < -0.3 is 19.0 Å². The van der Waals surface area contributed by atoms with Crippen LogP contribution in [0.15, 0.2) is 24.5 Å². The molecule has 1 rings (SSSR count). The Morgan fingerprint density at radius 2 is 1.43 bits per heavy atom. The lowest BCUT2D eigenvalue weighted by atomic mass is 9.78. The van der Waals surface area contributed by atoms with Gasteiger partial charge in [0.2, 0.25) is 0 Å². The molecule has 1 fully saturated rings. The van der Waals surface area contributed by atoms with Gasteiger partial charge in [-0.3, -0.25) is 0 Å². The summed E-state index contributed by atoms with van der Waals surface area (Å²) >= 11 is 0. The number of nitrogens with zero attached hydrogens (tertiary/aromatic N) is 2. The van der Waals surface area contributed by atoms with Crippen molar-refractivity contribution in [2.45, 2.75) is 77.4 Å². The van der Waals surface area contributed by atoms with Crippen molar-refractivity contribution >= 4 is 0 Å². The van der Waals surface area contributed by atoms with Crippen molar-refractivity contribution in [2.75, 3.05) is 54.4 Å². The van der Waals surface area contributed by atoms with E-state index in [0.29, 0.717) is 12.4 Å². The Kier molecular flexibility index (Phi) is 8.38. The maximum Gasteiger partial charge on any atom is 0.137 e. The highest BCUT2D eigenvalue weighted by molar-refractivity contribution is 5.15. The van der Waals surface area contributed by atoms with Crippen LogP contribution in [0.1, 0.15) is 60.3 Å². The number of piperidine rings is 1. The van der Waals surface area contributed by atoms with Crippen LogP contribution in [0.5, 0.6) is 0 Å². The molecule has 1 aliphatic heterocycles. The summed E-state index contributed by atoms with van der Waals surface area (Å²) in [4.78, 5) is 0. The van der Waals surface area contributed by atoms with Gasteiger partial charge in [0.05, 0.1) is 47.3 Å². The zero-order valence-electron chi connectivity index (χ0n) is 20.5. The lowest BCUT2D eigenvalue weighted by Gasteiger charge is -2.51. The molecule has 0 aromatic rings. The fourth-order valence-corrected chi connectivity index (χ4v) is 4.66. The Morgan fingerprint density at radius 3 is 1.93 bits per heavy atom. The number of unbranched alkanes of at least 4 members (excludes halogenated alkanes) is 1. The van der Waals surface area contributed by atoms with Gasteiger partial charge in [-0.15, -0.1) is 0 Å². The molecule has 0 saturated carbocycles. The van der Waals surface area contributed by atoms with Gasteiger partial charge in [0, 0.05) is 36.8 Å². The van der Waals surface area contributed by atoms with Crippen LogP contribution in [-0.2, 0) is 4.74 Å². The second-order valence-electron chi connectivity index (χ2n) is 11.6. The number of likely N-dealkylation sites (N-methyl/N-ethyl adjacent to an activating group) is 1. The molecular weight excluding hydrogens is 346 g/mol. The van der Waals surface area contributed by atoms with E-state index in [-0.39, 0.29) is 11.1 Å². The molecule has 0 atom stereocenters. The van der Waals surface area contributed by atoms with Gasteiger partial charge in [-0.05, 0) is 40.2 Å². The minimum atomic E-state index is 0.217. The normalized spacial score (nSPS) is 20.0. The Bertz CT molecular complexity index is 530. The van der Waals surface area contributed by atoms with Crippen LogP contribution in [0.4, 0.5) is 0 Å². The van der Waals surface area contributed by atoms with E-state index in [1.165, 1.54) is 38.8 Å². The van der Waals surface area contributed by atoms with Gasteiger partial charge in [0.25, 0.3) is 0 Å². The van der Waals surface area contributed by atoms with Crippen LogP contribution in [0, 0.1) is 0 Å². The molecule has 0 bridgehead atoms. The molecule has 28 heavy (non-hydrogen) atoms. The third-order valence-electron chi connectivity index (χ3n) is 6.35. The van der Waals surface area contributed by atoms with E-state index in [4.69, 9.17) is 4.74 Å². The molecule has 1 heterocycles. The van der Waals surface area contributed by atoms with E-state index >= 15 is 0 Å². The van der Waals surface area contributed by atoms with Crippen LogP contribution in [-0.4, -0.2) is 80.5 Å². The topological polar surface area (TPSA) is 21.3 Å². The number of ether oxygens (including phenoxy) is 1. The number of quaternary nitrogens is 2. The van der Waals surface area contributed by atoms with Gasteiger partial charge in [0.1, 0.15) is 18.9 Å². The van der Waals surface area contributed by atoms with Crippen LogP contribution < -0.4 is 5.32 Å². The van der Waals surface area contributed by atoms with E-state index in [2.05, 4.69) is 74.4 Å². The lowest BCUT2D eigenvalue weighted by molar-refractivity contribution is -0.919. The SMILES string of the molecule is C=C(C)C(=C)OCC[N+](C)(C)CCCC[N+](C)(C)C1CC(C)(C)NC(C)(C)C1. The Morgan fingerprint density at radius 1 is 0.929 bits per heavy atom. The fraction of sp³-hybridized carbons (Fsp3) is 0.833. The van der Waals surface area contributed by atoms with Gasteiger partial charge in [-0.25, -0.2) is 0 Å². The standard InChI is InChI=1S/C24H49N3O/c1-20(2)21(3)28-17-16-26(8,9)14-12-13-15-27(10,11)22-18-23(4,5)25-24(6,7)19-22/h22,25H,1,3,12-19H2,2,4-11H3/q+2. The van der Waals surface area contributed by atoms with Crippen LogP contribution in [0.3, 0.4) is 0 Å². The first-order valence-electron chi connectivity index (χ1n) is 11.0. The third kappa shape index (κ3) is 8.67. The average Bonchev–Trinajstić information content (AvgIpc) is 2.48. The molecular formula is C24H49N3O+2. The van der Waals surface area contributed by atoms with E-state index in [9.17, 15) is 0 Å². The fourth-order valence-electron chi connectivity index (χ4n) is 4.66. The Labute approximate surface area is 175 Å².